The van der Waals surface area contributed by atoms with Gasteiger partial charge >= 0.3 is 0 Å². The van der Waals surface area contributed by atoms with Gasteiger partial charge in [0, 0.05) is 32.2 Å². The molecule has 0 radical (unpaired) electrons. The second kappa shape index (κ2) is 9.25. The third-order valence-corrected chi connectivity index (χ3v) is 7.46. The third-order valence-electron chi connectivity index (χ3n) is 7.46. The Morgan fingerprint density at radius 3 is 2.81 bits per heavy atom. The maximum atomic E-state index is 13.8. The number of amides is 1. The summed E-state index contributed by atoms with van der Waals surface area (Å²) in [6, 6.07) is -0.142. The number of methoxy groups -OCH3 is 1. The Balaban J connectivity index is 1.32. The monoisotopic (exact) mass is 506 g/mol. The average Bonchev–Trinajstić information content (AvgIpc) is 3.57. The van der Waals surface area contributed by atoms with Crippen LogP contribution < -0.4 is 15.2 Å². The maximum absolute atomic E-state index is 13.8. The van der Waals surface area contributed by atoms with Crippen molar-refractivity contribution in [1.29, 1.82) is 0 Å². The van der Waals surface area contributed by atoms with Gasteiger partial charge in [0.25, 0.3) is 11.5 Å². The molecular weight excluding hydrogens is 476 g/mol. The molecule has 12 nitrogen and oxygen atoms in total. The van der Waals surface area contributed by atoms with Crippen LogP contribution in [0.25, 0.3) is 11.4 Å². The van der Waals surface area contributed by atoms with Gasteiger partial charge in [-0.05, 0) is 38.7 Å². The lowest BCUT2D eigenvalue weighted by atomic mass is 10.1. The zero-order valence-corrected chi connectivity index (χ0v) is 21.3. The molecule has 0 spiro atoms. The molecule has 0 N–H and O–H groups in total. The molecule has 1 fully saturated rings. The molecular formula is C25H30N8O4. The maximum Gasteiger partial charge on any atom is 0.299 e. The molecule has 6 heterocycles. The number of hydrogen-bond acceptors (Lipinski definition) is 9. The summed E-state index contributed by atoms with van der Waals surface area (Å²) in [4.78, 5) is 44.2. The summed E-state index contributed by atoms with van der Waals surface area (Å²) >= 11 is 0. The van der Waals surface area contributed by atoms with E-state index in [1.807, 2.05) is 13.0 Å². The molecule has 3 aromatic heterocycles. The Labute approximate surface area is 213 Å². The number of hydrogen-bond donors (Lipinski definition) is 0. The summed E-state index contributed by atoms with van der Waals surface area (Å²) in [5, 5.41) is 4.63. The molecule has 0 unspecified atom stereocenters. The van der Waals surface area contributed by atoms with Crippen molar-refractivity contribution in [3.63, 3.8) is 0 Å². The van der Waals surface area contributed by atoms with E-state index in [4.69, 9.17) is 14.5 Å². The molecule has 6 rings (SSSR count). The SMILES string of the molecule is COc1c(C)ncnc1C(=O)N1CCN(c2c3n(c4nc(C5=CCOCC5)nn4c2=O)CCC3)C[C@H]1C. The lowest BCUT2D eigenvalue weighted by Gasteiger charge is -2.41. The minimum absolute atomic E-state index is 0.142. The van der Waals surface area contributed by atoms with Gasteiger partial charge in [-0.25, -0.2) is 9.97 Å². The minimum atomic E-state index is -0.197. The molecule has 194 valence electrons. The Morgan fingerprint density at radius 2 is 2.05 bits per heavy atom. The van der Waals surface area contributed by atoms with Gasteiger partial charge in [0.15, 0.2) is 17.3 Å². The second-order valence-corrected chi connectivity index (χ2v) is 9.69. The number of carbonyl (C=O) groups is 1. The summed E-state index contributed by atoms with van der Waals surface area (Å²) in [5.41, 5.74) is 3.39. The van der Waals surface area contributed by atoms with Crippen LogP contribution in [0, 0.1) is 6.92 Å². The summed E-state index contributed by atoms with van der Waals surface area (Å²) < 4.78 is 14.4. The number of aryl methyl sites for hydroxylation is 2. The minimum Gasteiger partial charge on any atom is -0.492 e. The normalized spacial score (nSPS) is 19.8. The predicted octanol–water partition coefficient (Wildman–Crippen LogP) is 1.10. The molecule has 0 aromatic carbocycles. The van der Waals surface area contributed by atoms with Gasteiger partial charge in [0.2, 0.25) is 5.78 Å². The van der Waals surface area contributed by atoms with E-state index in [0.29, 0.717) is 61.6 Å². The fourth-order valence-electron chi connectivity index (χ4n) is 5.62. The zero-order chi connectivity index (χ0) is 25.7. The third kappa shape index (κ3) is 3.86. The number of fused-ring (bicyclic) bond motifs is 3. The molecule has 0 aliphatic carbocycles. The van der Waals surface area contributed by atoms with Crippen molar-refractivity contribution in [3.05, 3.63) is 45.7 Å². The van der Waals surface area contributed by atoms with Crippen molar-refractivity contribution in [1.82, 2.24) is 34.0 Å². The Bertz CT molecular complexity index is 1480. The van der Waals surface area contributed by atoms with Crippen molar-refractivity contribution < 1.29 is 14.3 Å². The Morgan fingerprint density at radius 1 is 1.19 bits per heavy atom. The van der Waals surface area contributed by atoms with Crippen LogP contribution in [0.2, 0.25) is 0 Å². The van der Waals surface area contributed by atoms with Gasteiger partial charge in [-0.1, -0.05) is 6.08 Å². The molecule has 3 aliphatic rings. The predicted molar refractivity (Wildman–Crippen MR) is 135 cm³/mol. The highest BCUT2D eigenvalue weighted by Gasteiger charge is 2.34. The fourth-order valence-corrected chi connectivity index (χ4v) is 5.62. The smallest absolute Gasteiger partial charge is 0.299 e. The first kappa shape index (κ1) is 23.6. The van der Waals surface area contributed by atoms with E-state index in [9.17, 15) is 9.59 Å². The van der Waals surface area contributed by atoms with Gasteiger partial charge in [-0.3, -0.25) is 9.59 Å². The number of piperazine rings is 1. The molecule has 0 saturated carbocycles. The summed E-state index contributed by atoms with van der Waals surface area (Å²) in [7, 11) is 1.52. The van der Waals surface area contributed by atoms with Crippen molar-refractivity contribution in [3.8, 4) is 5.75 Å². The first-order valence-corrected chi connectivity index (χ1v) is 12.7. The van der Waals surface area contributed by atoms with E-state index in [2.05, 4.69) is 24.5 Å². The van der Waals surface area contributed by atoms with Gasteiger partial charge in [-0.15, -0.1) is 5.10 Å². The van der Waals surface area contributed by atoms with Gasteiger partial charge in [0.05, 0.1) is 31.7 Å². The molecule has 1 amide bonds. The number of aromatic nitrogens is 6. The van der Waals surface area contributed by atoms with Crippen LogP contribution in [0.5, 0.6) is 5.75 Å². The van der Waals surface area contributed by atoms with E-state index in [0.717, 1.165) is 37.1 Å². The number of carbonyl (C=O) groups excluding carboxylic acids is 1. The van der Waals surface area contributed by atoms with Crippen molar-refractivity contribution in [2.75, 3.05) is 44.9 Å². The molecule has 3 aromatic rings. The lowest BCUT2D eigenvalue weighted by Crippen LogP contribution is -2.55. The van der Waals surface area contributed by atoms with Crippen LogP contribution in [0.3, 0.4) is 0 Å². The van der Waals surface area contributed by atoms with Crippen LogP contribution in [0.4, 0.5) is 5.69 Å². The van der Waals surface area contributed by atoms with Crippen LogP contribution in [-0.4, -0.2) is 85.9 Å². The Hall–Kier alpha value is -3.80. The van der Waals surface area contributed by atoms with Crippen molar-refractivity contribution in [2.45, 2.75) is 45.7 Å². The lowest BCUT2D eigenvalue weighted by molar-refractivity contribution is 0.0663. The van der Waals surface area contributed by atoms with Crippen LogP contribution in [-0.2, 0) is 17.7 Å². The van der Waals surface area contributed by atoms with Crippen LogP contribution >= 0.6 is 0 Å². The van der Waals surface area contributed by atoms with E-state index in [1.165, 1.54) is 18.0 Å². The zero-order valence-electron chi connectivity index (χ0n) is 21.3. The summed E-state index contributed by atoms with van der Waals surface area (Å²) in [5.74, 6) is 1.39. The highest BCUT2D eigenvalue weighted by molar-refractivity contribution is 5.95. The molecule has 1 saturated heterocycles. The second-order valence-electron chi connectivity index (χ2n) is 9.69. The fraction of sp³-hybridized carbons (Fsp3) is 0.520. The molecule has 12 heteroatoms. The van der Waals surface area contributed by atoms with Crippen LogP contribution in [0.15, 0.2) is 17.2 Å². The van der Waals surface area contributed by atoms with E-state index in [1.54, 1.807) is 11.8 Å². The number of nitrogens with zero attached hydrogens (tertiary/aromatic N) is 8. The number of rotatable bonds is 4. The van der Waals surface area contributed by atoms with E-state index < -0.39 is 0 Å². The summed E-state index contributed by atoms with van der Waals surface area (Å²) in [6.45, 7) is 7.25. The topological polar surface area (TPSA) is 120 Å². The summed E-state index contributed by atoms with van der Waals surface area (Å²) in [6.07, 6.45) is 5.86. The van der Waals surface area contributed by atoms with Crippen LogP contribution in [0.1, 0.15) is 47.5 Å². The average molecular weight is 507 g/mol. The van der Waals surface area contributed by atoms with Gasteiger partial charge in [-0.2, -0.15) is 9.50 Å². The van der Waals surface area contributed by atoms with Crippen molar-refractivity contribution >= 4 is 22.9 Å². The highest BCUT2D eigenvalue weighted by Crippen LogP contribution is 2.29. The number of anilines is 1. The van der Waals surface area contributed by atoms with E-state index >= 15 is 0 Å². The largest absolute Gasteiger partial charge is 0.492 e. The highest BCUT2D eigenvalue weighted by atomic mass is 16.5. The first-order valence-electron chi connectivity index (χ1n) is 12.7. The number of ether oxygens (including phenoxy) is 2. The Kier molecular flexibility index (Phi) is 5.90. The molecule has 1 atom stereocenters. The van der Waals surface area contributed by atoms with Crippen molar-refractivity contribution in [2.24, 2.45) is 0 Å². The molecule has 0 bridgehead atoms. The van der Waals surface area contributed by atoms with Gasteiger partial charge in [0.1, 0.15) is 12.0 Å². The quantitative estimate of drug-likeness (QED) is 0.512. The van der Waals surface area contributed by atoms with Gasteiger partial charge < -0.3 is 23.8 Å². The first-order chi connectivity index (χ1) is 18.0. The molecule has 37 heavy (non-hydrogen) atoms. The molecule has 3 aliphatic heterocycles. The standard InChI is InChI=1S/C25H30N8O4/c1-15-13-30(9-10-31(15)23(34)19-21(36-3)16(2)26-14-27-19)20-18-5-4-8-32(18)25-28-22(29-33(25)24(20)35)17-6-11-37-12-7-17/h6,14-15H,4-5,7-13H2,1-3H3/t15-/m1/s1. The van der Waals surface area contributed by atoms with E-state index in [-0.39, 0.29) is 23.2 Å².